The molecule has 4 aromatic rings. The zero-order valence-corrected chi connectivity index (χ0v) is 21.3. The summed E-state index contributed by atoms with van der Waals surface area (Å²) in [6, 6.07) is 29.3. The van der Waals surface area contributed by atoms with Crippen molar-refractivity contribution in [2.75, 3.05) is 11.9 Å². The number of carbonyl (C=O) groups is 2. The summed E-state index contributed by atoms with van der Waals surface area (Å²) in [6.07, 6.45) is 0.842. The van der Waals surface area contributed by atoms with Crippen LogP contribution in [0.5, 0.6) is 0 Å². The Balaban J connectivity index is 1.48. The Hall–Kier alpha value is -3.84. The number of nitrogens with one attached hydrogen (secondary N) is 1. The third-order valence-electron chi connectivity index (χ3n) is 6.21. The average molecular weight is 499 g/mol. The molecule has 0 aliphatic rings. The van der Waals surface area contributed by atoms with Gasteiger partial charge < -0.3 is 10.2 Å². The van der Waals surface area contributed by atoms with Gasteiger partial charge in [0.25, 0.3) is 0 Å². The largest absolute Gasteiger partial charge is 0.335 e. The molecule has 2 atom stereocenters. The fraction of sp³-hybridized carbons (Fsp3) is 0.241. The van der Waals surface area contributed by atoms with E-state index in [0.717, 1.165) is 21.7 Å². The molecule has 0 spiro atoms. The van der Waals surface area contributed by atoms with Crippen molar-refractivity contribution in [1.82, 2.24) is 15.1 Å². The van der Waals surface area contributed by atoms with Gasteiger partial charge in [0.15, 0.2) is 0 Å². The van der Waals surface area contributed by atoms with Crippen LogP contribution < -0.4 is 5.32 Å². The van der Waals surface area contributed by atoms with E-state index in [1.807, 2.05) is 110 Å². The third-order valence-corrected chi connectivity index (χ3v) is 7.10. The lowest BCUT2D eigenvalue weighted by Crippen LogP contribution is -2.39. The maximum Gasteiger partial charge on any atom is 0.230 e. The van der Waals surface area contributed by atoms with Crippen molar-refractivity contribution in [2.24, 2.45) is 0 Å². The molecule has 0 aliphatic heterocycles. The van der Waals surface area contributed by atoms with Gasteiger partial charge in [0.05, 0.1) is 12.0 Å². The fourth-order valence-electron chi connectivity index (χ4n) is 4.22. The SMILES string of the molecule is CCC(C(=O)N(CCC(=O)Nc1nnc(-c2ccccc2)s1)C(C)c1ccccc1)c1ccccc1. The fourth-order valence-corrected chi connectivity index (χ4v) is 4.98. The summed E-state index contributed by atoms with van der Waals surface area (Å²) in [5, 5.41) is 12.3. The van der Waals surface area contributed by atoms with Crippen LogP contribution in [0.25, 0.3) is 10.6 Å². The van der Waals surface area contributed by atoms with Crippen LogP contribution in [0.2, 0.25) is 0 Å². The molecule has 1 aromatic heterocycles. The normalized spacial score (nSPS) is 12.5. The first-order valence-corrected chi connectivity index (χ1v) is 13.0. The predicted molar refractivity (Wildman–Crippen MR) is 145 cm³/mol. The van der Waals surface area contributed by atoms with E-state index in [-0.39, 0.29) is 30.2 Å². The van der Waals surface area contributed by atoms with E-state index in [4.69, 9.17) is 0 Å². The second kappa shape index (κ2) is 12.2. The van der Waals surface area contributed by atoms with E-state index in [1.54, 1.807) is 0 Å². The van der Waals surface area contributed by atoms with Gasteiger partial charge in [0.2, 0.25) is 16.9 Å². The van der Waals surface area contributed by atoms with Crippen LogP contribution in [0.15, 0.2) is 91.0 Å². The molecule has 7 heteroatoms. The zero-order valence-electron chi connectivity index (χ0n) is 20.5. The highest BCUT2D eigenvalue weighted by atomic mass is 32.1. The highest BCUT2D eigenvalue weighted by Crippen LogP contribution is 2.29. The molecule has 0 aliphatic carbocycles. The van der Waals surface area contributed by atoms with Gasteiger partial charge in [-0.3, -0.25) is 9.59 Å². The predicted octanol–water partition coefficient (Wildman–Crippen LogP) is 6.32. The minimum atomic E-state index is -0.267. The summed E-state index contributed by atoms with van der Waals surface area (Å²) in [4.78, 5) is 28.5. The van der Waals surface area contributed by atoms with Gasteiger partial charge in [0.1, 0.15) is 5.01 Å². The summed E-state index contributed by atoms with van der Waals surface area (Å²) in [5.41, 5.74) is 2.98. The molecule has 1 heterocycles. The standard InChI is InChI=1S/C29H30N4O2S/c1-3-25(23-15-9-5-10-16-23)28(35)33(21(2)22-13-7-4-8-14-22)20-19-26(34)30-29-32-31-27(36-29)24-17-11-6-12-18-24/h4-18,21,25H,3,19-20H2,1-2H3,(H,30,32,34). The summed E-state index contributed by atoms with van der Waals surface area (Å²) >= 11 is 1.33. The Morgan fingerprint density at radius 3 is 2.06 bits per heavy atom. The van der Waals surface area contributed by atoms with Crippen LogP contribution in [0.4, 0.5) is 5.13 Å². The van der Waals surface area contributed by atoms with Gasteiger partial charge in [-0.2, -0.15) is 0 Å². The van der Waals surface area contributed by atoms with Crippen molar-refractivity contribution in [3.8, 4) is 10.6 Å². The number of hydrogen-bond donors (Lipinski definition) is 1. The average Bonchev–Trinajstić information content (AvgIpc) is 3.39. The van der Waals surface area contributed by atoms with Crippen LogP contribution in [0.1, 0.15) is 49.8 Å². The maximum atomic E-state index is 13.8. The Morgan fingerprint density at radius 2 is 1.44 bits per heavy atom. The van der Waals surface area contributed by atoms with Gasteiger partial charge in [0, 0.05) is 18.5 Å². The van der Waals surface area contributed by atoms with Gasteiger partial charge >= 0.3 is 0 Å². The van der Waals surface area contributed by atoms with Crippen LogP contribution in [0, 0.1) is 0 Å². The van der Waals surface area contributed by atoms with Gasteiger partial charge in [-0.1, -0.05) is 109 Å². The number of carbonyl (C=O) groups excluding carboxylic acids is 2. The van der Waals surface area contributed by atoms with Crippen molar-refractivity contribution in [2.45, 2.75) is 38.6 Å². The smallest absolute Gasteiger partial charge is 0.230 e. The highest BCUT2D eigenvalue weighted by molar-refractivity contribution is 7.18. The number of benzene rings is 3. The van der Waals surface area contributed by atoms with E-state index in [0.29, 0.717) is 18.1 Å². The van der Waals surface area contributed by atoms with Crippen molar-refractivity contribution >= 4 is 28.3 Å². The van der Waals surface area contributed by atoms with Crippen molar-refractivity contribution in [1.29, 1.82) is 0 Å². The minimum absolute atomic E-state index is 0.0233. The molecular weight excluding hydrogens is 468 g/mol. The quantitative estimate of drug-likeness (QED) is 0.278. The lowest BCUT2D eigenvalue weighted by Gasteiger charge is -2.33. The van der Waals surface area contributed by atoms with Crippen LogP contribution in [-0.4, -0.2) is 33.5 Å². The van der Waals surface area contributed by atoms with Crippen molar-refractivity contribution < 1.29 is 9.59 Å². The molecule has 0 radical (unpaired) electrons. The number of nitrogens with zero attached hydrogens (tertiary/aromatic N) is 3. The summed E-state index contributed by atoms with van der Waals surface area (Å²) < 4.78 is 0. The number of anilines is 1. The molecule has 0 saturated heterocycles. The molecule has 184 valence electrons. The Bertz CT molecular complexity index is 1260. The molecule has 6 nitrogen and oxygen atoms in total. The molecule has 0 bridgehead atoms. The Kier molecular flexibility index (Phi) is 8.57. The highest BCUT2D eigenvalue weighted by Gasteiger charge is 2.29. The summed E-state index contributed by atoms with van der Waals surface area (Å²) in [6.45, 7) is 4.33. The van der Waals surface area contributed by atoms with Crippen LogP contribution in [-0.2, 0) is 9.59 Å². The number of amides is 2. The minimum Gasteiger partial charge on any atom is -0.335 e. The van der Waals surface area contributed by atoms with E-state index in [1.165, 1.54) is 11.3 Å². The van der Waals surface area contributed by atoms with Gasteiger partial charge in [-0.15, -0.1) is 10.2 Å². The topological polar surface area (TPSA) is 75.2 Å². The van der Waals surface area contributed by atoms with Crippen LogP contribution >= 0.6 is 11.3 Å². The molecule has 0 saturated carbocycles. The lowest BCUT2D eigenvalue weighted by atomic mass is 9.93. The van der Waals surface area contributed by atoms with E-state index in [2.05, 4.69) is 15.5 Å². The number of hydrogen-bond acceptors (Lipinski definition) is 5. The maximum absolute atomic E-state index is 13.8. The van der Waals surface area contributed by atoms with E-state index >= 15 is 0 Å². The molecule has 0 fully saturated rings. The van der Waals surface area contributed by atoms with Crippen molar-refractivity contribution in [3.63, 3.8) is 0 Å². The molecule has 1 N–H and O–H groups in total. The Labute approximate surface area is 216 Å². The van der Waals surface area contributed by atoms with E-state index < -0.39 is 0 Å². The summed E-state index contributed by atoms with van der Waals surface area (Å²) in [7, 11) is 0. The van der Waals surface area contributed by atoms with Gasteiger partial charge in [-0.25, -0.2) is 0 Å². The first-order chi connectivity index (χ1) is 17.6. The lowest BCUT2D eigenvalue weighted by molar-refractivity contribution is -0.135. The zero-order chi connectivity index (χ0) is 25.3. The molecule has 2 amide bonds. The molecule has 2 unspecified atom stereocenters. The summed E-state index contributed by atoms with van der Waals surface area (Å²) in [5.74, 6) is -0.441. The molecular formula is C29H30N4O2S. The number of aromatic nitrogens is 2. The number of rotatable bonds is 10. The third kappa shape index (κ3) is 6.23. The first-order valence-electron chi connectivity index (χ1n) is 12.2. The monoisotopic (exact) mass is 498 g/mol. The first kappa shape index (κ1) is 25.3. The second-order valence-corrected chi connectivity index (χ2v) is 9.54. The van der Waals surface area contributed by atoms with Crippen LogP contribution in [0.3, 0.4) is 0 Å². The Morgan fingerprint density at radius 1 is 0.861 bits per heavy atom. The van der Waals surface area contributed by atoms with E-state index in [9.17, 15) is 9.59 Å². The second-order valence-electron chi connectivity index (χ2n) is 8.57. The molecule has 4 rings (SSSR count). The molecule has 3 aromatic carbocycles. The molecule has 36 heavy (non-hydrogen) atoms. The van der Waals surface area contributed by atoms with Gasteiger partial charge in [-0.05, 0) is 24.5 Å². The van der Waals surface area contributed by atoms with Crippen molar-refractivity contribution in [3.05, 3.63) is 102 Å².